The first-order chi connectivity index (χ1) is 11.5. The van der Waals surface area contributed by atoms with Crippen LogP contribution in [-0.2, 0) is 4.79 Å². The van der Waals surface area contributed by atoms with Gasteiger partial charge in [-0.25, -0.2) is 0 Å². The molecule has 2 atom stereocenters. The molecule has 2 unspecified atom stereocenters. The SMILES string of the molecule is CNCC(C)C(=O)Nc1ccc(NC(C)c2ccccc2)c(Cl)c1.Cl. The Hall–Kier alpha value is -1.75. The highest BCUT2D eigenvalue weighted by atomic mass is 35.5. The Balaban J connectivity index is 0.00000312. The lowest BCUT2D eigenvalue weighted by molar-refractivity contribution is -0.119. The summed E-state index contributed by atoms with van der Waals surface area (Å²) < 4.78 is 0. The van der Waals surface area contributed by atoms with Crippen LogP contribution in [0.25, 0.3) is 0 Å². The highest BCUT2D eigenvalue weighted by Crippen LogP contribution is 2.29. The Morgan fingerprint density at radius 2 is 1.80 bits per heavy atom. The summed E-state index contributed by atoms with van der Waals surface area (Å²) in [6.45, 7) is 4.60. The van der Waals surface area contributed by atoms with E-state index in [1.807, 2.05) is 44.3 Å². The molecule has 0 saturated heterocycles. The minimum Gasteiger partial charge on any atom is -0.377 e. The lowest BCUT2D eigenvalue weighted by atomic mass is 10.1. The van der Waals surface area contributed by atoms with Gasteiger partial charge in [-0.05, 0) is 37.7 Å². The van der Waals surface area contributed by atoms with Gasteiger partial charge in [0.25, 0.3) is 0 Å². The zero-order valence-electron chi connectivity index (χ0n) is 14.7. The van der Waals surface area contributed by atoms with Crippen molar-refractivity contribution in [1.29, 1.82) is 0 Å². The van der Waals surface area contributed by atoms with Crippen molar-refractivity contribution in [2.75, 3.05) is 24.2 Å². The van der Waals surface area contributed by atoms with E-state index < -0.39 is 0 Å². The molecule has 4 nitrogen and oxygen atoms in total. The average molecular weight is 382 g/mol. The third-order valence-corrected chi connectivity index (χ3v) is 4.18. The highest BCUT2D eigenvalue weighted by molar-refractivity contribution is 6.33. The van der Waals surface area contributed by atoms with Crippen LogP contribution in [0.4, 0.5) is 11.4 Å². The van der Waals surface area contributed by atoms with Gasteiger partial charge in [0.15, 0.2) is 0 Å². The summed E-state index contributed by atoms with van der Waals surface area (Å²) >= 11 is 6.36. The normalized spacial score (nSPS) is 12.6. The van der Waals surface area contributed by atoms with E-state index >= 15 is 0 Å². The first-order valence-corrected chi connectivity index (χ1v) is 8.45. The van der Waals surface area contributed by atoms with Crippen LogP contribution in [0.5, 0.6) is 0 Å². The number of carbonyl (C=O) groups is 1. The van der Waals surface area contributed by atoms with Gasteiger partial charge in [0.2, 0.25) is 5.91 Å². The van der Waals surface area contributed by atoms with E-state index in [-0.39, 0.29) is 30.3 Å². The maximum atomic E-state index is 12.1. The van der Waals surface area contributed by atoms with Crippen LogP contribution < -0.4 is 16.0 Å². The second-order valence-electron chi connectivity index (χ2n) is 5.92. The fourth-order valence-electron chi connectivity index (χ4n) is 2.43. The van der Waals surface area contributed by atoms with Gasteiger partial charge in [-0.1, -0.05) is 48.9 Å². The maximum absolute atomic E-state index is 12.1. The molecular weight excluding hydrogens is 357 g/mol. The molecule has 2 aromatic rings. The maximum Gasteiger partial charge on any atom is 0.228 e. The highest BCUT2D eigenvalue weighted by Gasteiger charge is 2.13. The van der Waals surface area contributed by atoms with Gasteiger partial charge in [0.05, 0.1) is 10.7 Å². The van der Waals surface area contributed by atoms with Crippen molar-refractivity contribution in [3.8, 4) is 0 Å². The van der Waals surface area contributed by atoms with Gasteiger partial charge < -0.3 is 16.0 Å². The van der Waals surface area contributed by atoms with Crippen molar-refractivity contribution < 1.29 is 4.79 Å². The first-order valence-electron chi connectivity index (χ1n) is 8.07. The molecule has 0 bridgehead atoms. The van der Waals surface area contributed by atoms with Gasteiger partial charge in [0.1, 0.15) is 0 Å². The second kappa shape index (κ2) is 10.3. The Morgan fingerprint density at radius 1 is 1.12 bits per heavy atom. The van der Waals surface area contributed by atoms with E-state index in [0.29, 0.717) is 17.3 Å². The molecule has 2 aromatic carbocycles. The van der Waals surface area contributed by atoms with Gasteiger partial charge >= 0.3 is 0 Å². The summed E-state index contributed by atoms with van der Waals surface area (Å²) in [6.07, 6.45) is 0. The molecule has 25 heavy (non-hydrogen) atoms. The molecule has 0 fully saturated rings. The summed E-state index contributed by atoms with van der Waals surface area (Å²) in [6, 6.07) is 15.8. The number of hydrogen-bond acceptors (Lipinski definition) is 3. The van der Waals surface area contributed by atoms with Crippen molar-refractivity contribution >= 4 is 41.3 Å². The fourth-order valence-corrected chi connectivity index (χ4v) is 2.67. The van der Waals surface area contributed by atoms with Gasteiger partial charge in [-0.2, -0.15) is 0 Å². The van der Waals surface area contributed by atoms with Crippen molar-refractivity contribution in [3.63, 3.8) is 0 Å². The van der Waals surface area contributed by atoms with Gasteiger partial charge in [0, 0.05) is 24.2 Å². The van der Waals surface area contributed by atoms with Gasteiger partial charge in [-0.15, -0.1) is 12.4 Å². The van der Waals surface area contributed by atoms with Crippen LogP contribution in [0.2, 0.25) is 5.02 Å². The first kappa shape index (κ1) is 21.3. The Labute approximate surface area is 160 Å². The Bertz CT molecular complexity index is 680. The number of carbonyl (C=O) groups excluding carboxylic acids is 1. The lowest BCUT2D eigenvalue weighted by Gasteiger charge is -2.18. The van der Waals surface area contributed by atoms with Crippen LogP contribution in [0.1, 0.15) is 25.5 Å². The zero-order chi connectivity index (χ0) is 17.5. The summed E-state index contributed by atoms with van der Waals surface area (Å²) in [5.41, 5.74) is 2.73. The molecule has 2 rings (SSSR count). The van der Waals surface area contributed by atoms with E-state index in [0.717, 1.165) is 5.69 Å². The summed E-state index contributed by atoms with van der Waals surface area (Å²) in [5.74, 6) is -0.136. The topological polar surface area (TPSA) is 53.2 Å². The summed E-state index contributed by atoms with van der Waals surface area (Å²) in [7, 11) is 1.83. The molecule has 3 N–H and O–H groups in total. The molecule has 1 amide bonds. The number of nitrogens with one attached hydrogen (secondary N) is 3. The minimum absolute atomic E-state index is 0. The van der Waals surface area contributed by atoms with E-state index in [9.17, 15) is 4.79 Å². The smallest absolute Gasteiger partial charge is 0.228 e. The number of anilines is 2. The molecule has 0 aliphatic rings. The molecular formula is C19H25Cl2N3O. The number of benzene rings is 2. The van der Waals surface area contributed by atoms with Crippen LogP contribution in [0.15, 0.2) is 48.5 Å². The van der Waals surface area contributed by atoms with Crippen LogP contribution >= 0.6 is 24.0 Å². The van der Waals surface area contributed by atoms with Crippen molar-refractivity contribution in [2.24, 2.45) is 5.92 Å². The average Bonchev–Trinajstić information content (AvgIpc) is 2.58. The third kappa shape index (κ3) is 6.24. The molecule has 0 spiro atoms. The summed E-state index contributed by atoms with van der Waals surface area (Å²) in [5, 5.41) is 9.86. The Kier molecular flexibility index (Phi) is 8.76. The number of halogens is 2. The molecule has 0 aromatic heterocycles. The third-order valence-electron chi connectivity index (χ3n) is 3.87. The molecule has 6 heteroatoms. The lowest BCUT2D eigenvalue weighted by Crippen LogP contribution is -2.28. The molecule has 136 valence electrons. The van der Waals surface area contributed by atoms with E-state index in [1.54, 1.807) is 6.07 Å². The van der Waals surface area contributed by atoms with Crippen LogP contribution in [0, 0.1) is 5.92 Å². The molecule has 0 heterocycles. The van der Waals surface area contributed by atoms with E-state index in [2.05, 4.69) is 35.0 Å². The summed E-state index contributed by atoms with van der Waals surface area (Å²) in [4.78, 5) is 12.1. The van der Waals surface area contributed by atoms with Crippen molar-refractivity contribution in [3.05, 3.63) is 59.1 Å². The standard InChI is InChI=1S/C19H24ClN3O.ClH/c1-13(12-21-3)19(24)23-16-9-10-18(17(20)11-16)22-14(2)15-7-5-4-6-8-15;/h4-11,13-14,21-22H,12H2,1-3H3,(H,23,24);1H. The molecule has 0 radical (unpaired) electrons. The number of hydrogen-bond donors (Lipinski definition) is 3. The molecule has 0 aliphatic heterocycles. The molecule has 0 saturated carbocycles. The second-order valence-corrected chi connectivity index (χ2v) is 6.33. The van der Waals surface area contributed by atoms with Crippen molar-refractivity contribution in [2.45, 2.75) is 19.9 Å². The van der Waals surface area contributed by atoms with Gasteiger partial charge in [-0.3, -0.25) is 4.79 Å². The predicted octanol–water partition coefficient (Wildman–Crippen LogP) is 4.73. The number of rotatable bonds is 7. The largest absolute Gasteiger partial charge is 0.377 e. The van der Waals surface area contributed by atoms with Crippen LogP contribution in [-0.4, -0.2) is 19.5 Å². The van der Waals surface area contributed by atoms with Crippen LogP contribution in [0.3, 0.4) is 0 Å². The number of amides is 1. The molecule has 0 aliphatic carbocycles. The Morgan fingerprint density at radius 3 is 2.40 bits per heavy atom. The van der Waals surface area contributed by atoms with E-state index in [1.165, 1.54) is 5.56 Å². The zero-order valence-corrected chi connectivity index (χ0v) is 16.2. The van der Waals surface area contributed by atoms with Crippen molar-refractivity contribution in [1.82, 2.24) is 5.32 Å². The van der Waals surface area contributed by atoms with E-state index in [4.69, 9.17) is 11.6 Å². The fraction of sp³-hybridized carbons (Fsp3) is 0.316. The quantitative estimate of drug-likeness (QED) is 0.649. The minimum atomic E-state index is -0.107. The predicted molar refractivity (Wildman–Crippen MR) is 109 cm³/mol. The monoisotopic (exact) mass is 381 g/mol.